The van der Waals surface area contributed by atoms with Crippen LogP contribution in [0.4, 0.5) is 10.1 Å². The Morgan fingerprint density at radius 3 is 3.13 bits per heavy atom. The molecule has 1 heterocycles. The number of benzene rings is 1. The third-order valence-corrected chi connectivity index (χ3v) is 2.71. The molecular formula is C11H11FN2O. The van der Waals surface area contributed by atoms with Crippen molar-refractivity contribution in [3.05, 3.63) is 29.6 Å². The first kappa shape index (κ1) is 9.87. The van der Waals surface area contributed by atoms with Gasteiger partial charge in [0.1, 0.15) is 5.82 Å². The molecule has 2 rings (SSSR count). The average molecular weight is 206 g/mol. The van der Waals surface area contributed by atoms with Crippen LogP contribution in [-0.4, -0.2) is 19.7 Å². The molecule has 0 aromatic heterocycles. The lowest BCUT2D eigenvalue weighted by Crippen LogP contribution is -2.26. The lowest BCUT2D eigenvalue weighted by Gasteiger charge is -2.30. The fourth-order valence-corrected chi connectivity index (χ4v) is 1.92. The lowest BCUT2D eigenvalue weighted by atomic mass is 9.97. The van der Waals surface area contributed by atoms with Gasteiger partial charge in [0.25, 0.3) is 0 Å². The topological polar surface area (TPSA) is 32.7 Å². The zero-order chi connectivity index (χ0) is 10.8. The fourth-order valence-electron chi connectivity index (χ4n) is 1.92. The van der Waals surface area contributed by atoms with E-state index in [2.05, 4.69) is 4.99 Å². The maximum atomic E-state index is 13.0. The normalized spacial score (nSPS) is 19.3. The van der Waals surface area contributed by atoms with Crippen LogP contribution in [0.1, 0.15) is 18.0 Å². The molecule has 0 saturated heterocycles. The Morgan fingerprint density at radius 2 is 2.40 bits per heavy atom. The number of aliphatic imine (C=N–C) groups is 1. The number of fused-ring (bicyclic) bond motifs is 1. The zero-order valence-corrected chi connectivity index (χ0v) is 8.40. The summed E-state index contributed by atoms with van der Waals surface area (Å²) in [6.07, 6.45) is 2.34. The van der Waals surface area contributed by atoms with Crippen LogP contribution < -0.4 is 4.90 Å². The van der Waals surface area contributed by atoms with Crippen LogP contribution in [0.3, 0.4) is 0 Å². The molecular weight excluding hydrogens is 195 g/mol. The highest BCUT2D eigenvalue weighted by atomic mass is 19.1. The molecule has 0 radical (unpaired) electrons. The van der Waals surface area contributed by atoms with Crippen LogP contribution in [0.25, 0.3) is 0 Å². The van der Waals surface area contributed by atoms with Crippen molar-refractivity contribution in [2.75, 3.05) is 18.5 Å². The summed E-state index contributed by atoms with van der Waals surface area (Å²) >= 11 is 0. The van der Waals surface area contributed by atoms with Gasteiger partial charge < -0.3 is 4.90 Å². The Bertz CT molecular complexity index is 427. The number of hydrogen-bond acceptors (Lipinski definition) is 3. The minimum Gasteiger partial charge on any atom is -0.374 e. The first-order valence-corrected chi connectivity index (χ1v) is 4.80. The first-order chi connectivity index (χ1) is 7.22. The van der Waals surface area contributed by atoms with Crippen molar-refractivity contribution in [1.82, 2.24) is 0 Å². The van der Waals surface area contributed by atoms with Crippen molar-refractivity contribution in [1.29, 1.82) is 0 Å². The molecule has 4 heteroatoms. The first-order valence-electron chi connectivity index (χ1n) is 4.80. The van der Waals surface area contributed by atoms with Gasteiger partial charge in [0, 0.05) is 24.8 Å². The van der Waals surface area contributed by atoms with E-state index in [1.165, 1.54) is 12.1 Å². The predicted molar refractivity (Wildman–Crippen MR) is 55.1 cm³/mol. The van der Waals surface area contributed by atoms with Crippen LogP contribution in [0.15, 0.2) is 23.2 Å². The minimum atomic E-state index is -0.267. The third-order valence-electron chi connectivity index (χ3n) is 2.71. The van der Waals surface area contributed by atoms with E-state index in [-0.39, 0.29) is 11.9 Å². The zero-order valence-electron chi connectivity index (χ0n) is 8.40. The van der Waals surface area contributed by atoms with Crippen LogP contribution >= 0.6 is 0 Å². The second kappa shape index (κ2) is 3.83. The van der Waals surface area contributed by atoms with Crippen molar-refractivity contribution in [3.63, 3.8) is 0 Å². The van der Waals surface area contributed by atoms with Gasteiger partial charge in [-0.2, -0.15) is 4.99 Å². The highest BCUT2D eigenvalue weighted by Gasteiger charge is 2.22. The standard InChI is InChI=1S/C11H11FN2O/c1-14-5-4-10(13-7-15)9-3-2-8(12)6-11(9)14/h2-3,6,10H,4-5H2,1H3. The maximum Gasteiger partial charge on any atom is 0.235 e. The Morgan fingerprint density at radius 1 is 1.60 bits per heavy atom. The summed E-state index contributed by atoms with van der Waals surface area (Å²) in [5, 5.41) is 0. The quantitative estimate of drug-likeness (QED) is 0.520. The summed E-state index contributed by atoms with van der Waals surface area (Å²) < 4.78 is 13.0. The number of halogens is 1. The minimum absolute atomic E-state index is 0.172. The van der Waals surface area contributed by atoms with Crippen LogP contribution in [-0.2, 0) is 4.79 Å². The molecule has 1 aromatic carbocycles. The Kier molecular flexibility index (Phi) is 2.52. The molecule has 0 spiro atoms. The van der Waals surface area contributed by atoms with Gasteiger partial charge in [0.05, 0.1) is 6.04 Å². The van der Waals surface area contributed by atoms with E-state index in [1.54, 1.807) is 12.1 Å². The molecule has 1 aromatic rings. The predicted octanol–water partition coefficient (Wildman–Crippen LogP) is 2.04. The SMILES string of the molecule is CN1CCC(N=C=O)c2ccc(F)cc21. The summed E-state index contributed by atoms with van der Waals surface area (Å²) in [5.74, 6) is -0.267. The van der Waals surface area contributed by atoms with Crippen LogP contribution in [0, 0.1) is 5.82 Å². The van der Waals surface area contributed by atoms with E-state index in [4.69, 9.17) is 0 Å². The number of nitrogens with zero attached hydrogens (tertiary/aromatic N) is 2. The van der Waals surface area contributed by atoms with Crippen molar-refractivity contribution < 1.29 is 9.18 Å². The number of anilines is 1. The second-order valence-electron chi connectivity index (χ2n) is 3.65. The highest BCUT2D eigenvalue weighted by Crippen LogP contribution is 2.35. The molecule has 1 unspecified atom stereocenters. The van der Waals surface area contributed by atoms with Gasteiger partial charge in [0.2, 0.25) is 6.08 Å². The largest absolute Gasteiger partial charge is 0.374 e. The molecule has 1 aliphatic rings. The molecule has 15 heavy (non-hydrogen) atoms. The van der Waals surface area contributed by atoms with E-state index in [0.717, 1.165) is 24.2 Å². The van der Waals surface area contributed by atoms with Crippen molar-refractivity contribution in [2.24, 2.45) is 4.99 Å². The Hall–Kier alpha value is -1.67. The summed E-state index contributed by atoms with van der Waals surface area (Å²) in [7, 11) is 1.90. The van der Waals surface area contributed by atoms with Gasteiger partial charge in [-0.15, -0.1) is 0 Å². The average Bonchev–Trinajstić information content (AvgIpc) is 2.23. The van der Waals surface area contributed by atoms with Crippen molar-refractivity contribution in [3.8, 4) is 0 Å². The molecule has 0 aliphatic carbocycles. The molecule has 1 aliphatic heterocycles. The van der Waals surface area contributed by atoms with E-state index in [9.17, 15) is 9.18 Å². The van der Waals surface area contributed by atoms with Crippen molar-refractivity contribution >= 4 is 11.8 Å². The molecule has 3 nitrogen and oxygen atoms in total. The summed E-state index contributed by atoms with van der Waals surface area (Å²) in [5.41, 5.74) is 1.71. The van der Waals surface area contributed by atoms with E-state index in [1.807, 2.05) is 11.9 Å². The molecule has 0 saturated carbocycles. The molecule has 0 N–H and O–H groups in total. The summed E-state index contributed by atoms with van der Waals surface area (Å²) in [6, 6.07) is 4.38. The number of rotatable bonds is 1. The molecule has 78 valence electrons. The summed E-state index contributed by atoms with van der Waals surface area (Å²) in [4.78, 5) is 16.0. The fraction of sp³-hybridized carbons (Fsp3) is 0.364. The molecule has 1 atom stereocenters. The van der Waals surface area contributed by atoms with E-state index in [0.29, 0.717) is 0 Å². The van der Waals surface area contributed by atoms with Crippen molar-refractivity contribution in [2.45, 2.75) is 12.5 Å². The maximum absolute atomic E-state index is 13.0. The summed E-state index contributed by atoms with van der Waals surface area (Å²) in [6.45, 7) is 0.770. The van der Waals surface area contributed by atoms with Gasteiger partial charge in [-0.3, -0.25) is 0 Å². The van der Waals surface area contributed by atoms with Crippen LogP contribution in [0.2, 0.25) is 0 Å². The van der Waals surface area contributed by atoms with Gasteiger partial charge in [0.15, 0.2) is 0 Å². The van der Waals surface area contributed by atoms with Gasteiger partial charge in [-0.1, -0.05) is 6.07 Å². The van der Waals surface area contributed by atoms with Gasteiger partial charge >= 0.3 is 0 Å². The van der Waals surface area contributed by atoms with Crippen LogP contribution in [0.5, 0.6) is 0 Å². The number of hydrogen-bond donors (Lipinski definition) is 0. The smallest absolute Gasteiger partial charge is 0.235 e. The van der Waals surface area contributed by atoms with Gasteiger partial charge in [-0.05, 0) is 18.6 Å². The monoisotopic (exact) mass is 206 g/mol. The second-order valence-corrected chi connectivity index (χ2v) is 3.65. The third kappa shape index (κ3) is 1.76. The number of carbonyl (C=O) groups excluding carboxylic acids is 1. The molecule has 0 bridgehead atoms. The van der Waals surface area contributed by atoms with Gasteiger partial charge in [-0.25, -0.2) is 9.18 Å². The number of isocyanates is 1. The van der Waals surface area contributed by atoms with E-state index >= 15 is 0 Å². The Balaban J connectivity index is 2.49. The Labute approximate surface area is 87.2 Å². The highest BCUT2D eigenvalue weighted by molar-refractivity contribution is 5.57. The van der Waals surface area contributed by atoms with E-state index < -0.39 is 0 Å². The molecule has 0 amide bonds. The molecule has 0 fully saturated rings. The lowest BCUT2D eigenvalue weighted by molar-refractivity contribution is 0.548.